The average molecular weight is 366 g/mol. The summed E-state index contributed by atoms with van der Waals surface area (Å²) in [6, 6.07) is 16.4. The lowest BCUT2D eigenvalue weighted by molar-refractivity contribution is -0.148. The van der Waals surface area contributed by atoms with Crippen molar-refractivity contribution in [2.45, 2.75) is 31.3 Å². The molecule has 6 heteroatoms. The van der Waals surface area contributed by atoms with Gasteiger partial charge in [0.25, 0.3) is 5.91 Å². The Labute approximate surface area is 157 Å². The number of carboxylic acid groups (broad SMARTS) is 1. The first-order valence-corrected chi connectivity index (χ1v) is 8.99. The molecule has 1 fully saturated rings. The van der Waals surface area contributed by atoms with E-state index in [4.69, 9.17) is 0 Å². The summed E-state index contributed by atoms with van der Waals surface area (Å²) in [7, 11) is 0. The summed E-state index contributed by atoms with van der Waals surface area (Å²) in [4.78, 5) is 38.5. The minimum absolute atomic E-state index is 0.307. The number of carbonyl (C=O) groups is 3. The van der Waals surface area contributed by atoms with Crippen LogP contribution in [0.3, 0.4) is 0 Å². The van der Waals surface area contributed by atoms with E-state index in [1.165, 1.54) is 4.90 Å². The summed E-state index contributed by atoms with van der Waals surface area (Å²) in [5.41, 5.74) is 1.36. The number of amides is 2. The molecule has 2 atom stereocenters. The predicted molar refractivity (Wildman–Crippen MR) is 100 cm³/mol. The molecule has 0 spiro atoms. The Kier molecular flexibility index (Phi) is 5.86. The number of hydrogen-bond acceptors (Lipinski definition) is 3. The minimum atomic E-state index is -1.01. The van der Waals surface area contributed by atoms with Gasteiger partial charge in [0.2, 0.25) is 5.91 Å². The SMILES string of the molecule is O=C(N[C@@H](Cc1ccccc1)C(=O)N1CCC[C@@H]1C(=O)O)c1ccccc1. The number of carbonyl (C=O) groups excluding carboxylic acids is 2. The van der Waals surface area contributed by atoms with Gasteiger partial charge < -0.3 is 15.3 Å². The van der Waals surface area contributed by atoms with Gasteiger partial charge in [0, 0.05) is 18.5 Å². The fraction of sp³-hybridized carbons (Fsp3) is 0.286. The molecule has 0 unspecified atom stereocenters. The van der Waals surface area contributed by atoms with Gasteiger partial charge in [-0.3, -0.25) is 9.59 Å². The Morgan fingerprint density at radius 3 is 2.30 bits per heavy atom. The van der Waals surface area contributed by atoms with Crippen LogP contribution in [0.4, 0.5) is 0 Å². The standard InChI is InChI=1S/C21H22N2O4/c24-19(16-10-5-2-6-11-16)22-17(14-15-8-3-1-4-9-15)20(25)23-13-7-12-18(23)21(26)27/h1-6,8-11,17-18H,7,12-14H2,(H,22,24)(H,26,27)/t17-,18+/m0/s1. The molecule has 140 valence electrons. The highest BCUT2D eigenvalue weighted by Crippen LogP contribution is 2.20. The molecule has 27 heavy (non-hydrogen) atoms. The molecular formula is C21H22N2O4. The molecule has 2 amide bonds. The van der Waals surface area contributed by atoms with E-state index in [2.05, 4.69) is 5.32 Å². The van der Waals surface area contributed by atoms with E-state index in [1.807, 2.05) is 36.4 Å². The van der Waals surface area contributed by atoms with Crippen molar-refractivity contribution in [3.63, 3.8) is 0 Å². The maximum atomic E-state index is 13.1. The van der Waals surface area contributed by atoms with Crippen LogP contribution in [0.1, 0.15) is 28.8 Å². The van der Waals surface area contributed by atoms with Crippen LogP contribution < -0.4 is 5.32 Å². The van der Waals surface area contributed by atoms with E-state index >= 15 is 0 Å². The smallest absolute Gasteiger partial charge is 0.326 e. The Morgan fingerprint density at radius 2 is 1.67 bits per heavy atom. The average Bonchev–Trinajstić information content (AvgIpc) is 3.18. The number of hydrogen-bond donors (Lipinski definition) is 2. The molecule has 1 saturated heterocycles. The maximum absolute atomic E-state index is 13.1. The van der Waals surface area contributed by atoms with Crippen LogP contribution >= 0.6 is 0 Å². The molecule has 2 N–H and O–H groups in total. The van der Waals surface area contributed by atoms with Crippen molar-refractivity contribution < 1.29 is 19.5 Å². The molecule has 0 bridgehead atoms. The lowest BCUT2D eigenvalue weighted by atomic mass is 10.0. The van der Waals surface area contributed by atoms with Crippen molar-refractivity contribution in [1.82, 2.24) is 10.2 Å². The van der Waals surface area contributed by atoms with Crippen molar-refractivity contribution in [2.24, 2.45) is 0 Å². The number of carboxylic acids is 1. The minimum Gasteiger partial charge on any atom is -0.480 e. The fourth-order valence-corrected chi connectivity index (χ4v) is 3.37. The normalized spacial score (nSPS) is 17.3. The van der Waals surface area contributed by atoms with Gasteiger partial charge in [-0.25, -0.2) is 4.79 Å². The summed E-state index contributed by atoms with van der Waals surface area (Å²) in [5, 5.41) is 12.2. The van der Waals surface area contributed by atoms with Crippen molar-refractivity contribution in [3.8, 4) is 0 Å². The monoisotopic (exact) mass is 366 g/mol. The third-order valence-electron chi connectivity index (χ3n) is 4.74. The van der Waals surface area contributed by atoms with Gasteiger partial charge in [0.05, 0.1) is 0 Å². The molecule has 0 aromatic heterocycles. The van der Waals surface area contributed by atoms with Crippen molar-refractivity contribution in [3.05, 3.63) is 71.8 Å². The quantitative estimate of drug-likeness (QED) is 0.820. The van der Waals surface area contributed by atoms with E-state index < -0.39 is 18.1 Å². The first-order valence-electron chi connectivity index (χ1n) is 8.99. The van der Waals surface area contributed by atoms with Gasteiger partial charge in [0.15, 0.2) is 0 Å². The highest BCUT2D eigenvalue weighted by Gasteiger charge is 2.37. The van der Waals surface area contributed by atoms with Crippen LogP contribution in [-0.2, 0) is 16.0 Å². The lowest BCUT2D eigenvalue weighted by Gasteiger charge is -2.27. The molecule has 3 rings (SSSR count). The van der Waals surface area contributed by atoms with Crippen molar-refractivity contribution in [1.29, 1.82) is 0 Å². The third kappa shape index (κ3) is 4.53. The van der Waals surface area contributed by atoms with Gasteiger partial charge >= 0.3 is 5.97 Å². The Morgan fingerprint density at radius 1 is 1.04 bits per heavy atom. The van der Waals surface area contributed by atoms with E-state index in [1.54, 1.807) is 24.3 Å². The first-order chi connectivity index (χ1) is 13.1. The van der Waals surface area contributed by atoms with Gasteiger partial charge in [0.1, 0.15) is 12.1 Å². The third-order valence-corrected chi connectivity index (χ3v) is 4.74. The second-order valence-corrected chi connectivity index (χ2v) is 6.61. The van der Waals surface area contributed by atoms with Crippen LogP contribution in [0.15, 0.2) is 60.7 Å². The van der Waals surface area contributed by atoms with Crippen LogP contribution in [0.2, 0.25) is 0 Å². The van der Waals surface area contributed by atoms with E-state index in [-0.39, 0.29) is 11.8 Å². The van der Waals surface area contributed by atoms with Crippen LogP contribution in [-0.4, -0.2) is 46.4 Å². The van der Waals surface area contributed by atoms with Gasteiger partial charge in [-0.1, -0.05) is 48.5 Å². The Hall–Kier alpha value is -3.15. The summed E-state index contributed by atoms with van der Waals surface area (Å²) < 4.78 is 0. The number of aliphatic carboxylic acids is 1. The van der Waals surface area contributed by atoms with Crippen molar-refractivity contribution >= 4 is 17.8 Å². The largest absolute Gasteiger partial charge is 0.480 e. The maximum Gasteiger partial charge on any atom is 0.326 e. The van der Waals surface area contributed by atoms with Gasteiger partial charge in [-0.15, -0.1) is 0 Å². The zero-order chi connectivity index (χ0) is 19.2. The second-order valence-electron chi connectivity index (χ2n) is 6.61. The van der Waals surface area contributed by atoms with Crippen LogP contribution in [0, 0.1) is 0 Å². The Bertz CT molecular complexity index is 807. The molecule has 0 radical (unpaired) electrons. The number of rotatable bonds is 6. The topological polar surface area (TPSA) is 86.7 Å². The molecule has 2 aromatic rings. The first kappa shape index (κ1) is 18.6. The summed E-state index contributed by atoms with van der Waals surface area (Å²) in [6.07, 6.45) is 1.39. The highest BCUT2D eigenvalue weighted by atomic mass is 16.4. The number of likely N-dealkylation sites (tertiary alicyclic amines) is 1. The Balaban J connectivity index is 1.81. The lowest BCUT2D eigenvalue weighted by Crippen LogP contribution is -2.52. The molecule has 0 saturated carbocycles. The van der Waals surface area contributed by atoms with E-state index in [9.17, 15) is 19.5 Å². The summed E-state index contributed by atoms with van der Waals surface area (Å²) >= 11 is 0. The molecule has 1 aliphatic rings. The second kappa shape index (κ2) is 8.49. The molecule has 0 aliphatic carbocycles. The van der Waals surface area contributed by atoms with Crippen LogP contribution in [0.5, 0.6) is 0 Å². The number of nitrogens with zero attached hydrogens (tertiary/aromatic N) is 1. The summed E-state index contributed by atoms with van der Waals surface area (Å²) in [6.45, 7) is 0.391. The molecule has 6 nitrogen and oxygen atoms in total. The van der Waals surface area contributed by atoms with Crippen LogP contribution in [0.25, 0.3) is 0 Å². The summed E-state index contributed by atoms with van der Waals surface area (Å²) in [5.74, 6) is -1.71. The van der Waals surface area contributed by atoms with E-state index in [0.717, 1.165) is 5.56 Å². The zero-order valence-corrected chi connectivity index (χ0v) is 14.9. The highest BCUT2D eigenvalue weighted by molar-refractivity contribution is 5.98. The number of nitrogens with one attached hydrogen (secondary N) is 1. The molecular weight excluding hydrogens is 344 g/mol. The fourth-order valence-electron chi connectivity index (χ4n) is 3.37. The van der Waals surface area contributed by atoms with Gasteiger partial charge in [-0.05, 0) is 30.5 Å². The number of benzene rings is 2. The zero-order valence-electron chi connectivity index (χ0n) is 14.9. The predicted octanol–water partition coefficient (Wildman–Crippen LogP) is 2.10. The van der Waals surface area contributed by atoms with E-state index in [0.29, 0.717) is 31.4 Å². The molecule has 1 aliphatic heterocycles. The molecule has 2 aromatic carbocycles. The van der Waals surface area contributed by atoms with Crippen molar-refractivity contribution in [2.75, 3.05) is 6.54 Å². The molecule has 1 heterocycles. The van der Waals surface area contributed by atoms with Gasteiger partial charge in [-0.2, -0.15) is 0 Å².